The van der Waals surface area contributed by atoms with Gasteiger partial charge in [-0.1, -0.05) is 35.9 Å². The molecule has 1 amide bonds. The quantitative estimate of drug-likeness (QED) is 0.462. The third-order valence-electron chi connectivity index (χ3n) is 4.06. The second-order valence-corrected chi connectivity index (χ2v) is 6.41. The Labute approximate surface area is 159 Å². The zero-order chi connectivity index (χ0) is 18.8. The molecule has 0 bridgehead atoms. The third-order valence-corrected chi connectivity index (χ3v) is 4.29. The van der Waals surface area contributed by atoms with Gasteiger partial charge in [0.15, 0.2) is 5.82 Å². The number of nitrogens with one attached hydrogen (secondary N) is 2. The number of fused-ring (bicyclic) bond motifs is 1. The maximum atomic E-state index is 12.0. The van der Waals surface area contributed by atoms with Crippen molar-refractivity contribution in [2.45, 2.75) is 6.42 Å². The van der Waals surface area contributed by atoms with Gasteiger partial charge in [-0.25, -0.2) is 9.98 Å². The normalized spacial score (nSPS) is 11.4. The van der Waals surface area contributed by atoms with E-state index in [9.17, 15) is 4.79 Å². The van der Waals surface area contributed by atoms with E-state index in [1.807, 2.05) is 42.5 Å². The molecular weight excluding hydrogens is 364 g/mol. The molecule has 8 heteroatoms. The summed E-state index contributed by atoms with van der Waals surface area (Å²) in [7, 11) is 0. The lowest BCUT2D eigenvalue weighted by Crippen LogP contribution is -2.13. The SMILES string of the molecule is NC(=O)c1c(N=Cc2nc3ccccc3[nH]2)n[nH]c1Cc1cccc(Cl)c1. The fourth-order valence-electron chi connectivity index (χ4n) is 2.85. The van der Waals surface area contributed by atoms with E-state index in [1.54, 1.807) is 6.07 Å². The van der Waals surface area contributed by atoms with Gasteiger partial charge < -0.3 is 10.7 Å². The number of nitrogens with two attached hydrogens (primary N) is 1. The van der Waals surface area contributed by atoms with Crippen LogP contribution >= 0.6 is 11.6 Å². The van der Waals surface area contributed by atoms with Crippen molar-refractivity contribution in [1.29, 1.82) is 0 Å². The Morgan fingerprint density at radius 2 is 2.07 bits per heavy atom. The second-order valence-electron chi connectivity index (χ2n) is 5.97. The zero-order valence-corrected chi connectivity index (χ0v) is 14.9. The van der Waals surface area contributed by atoms with Crippen LogP contribution in [0.1, 0.15) is 27.4 Å². The van der Waals surface area contributed by atoms with Crippen molar-refractivity contribution >= 4 is 40.6 Å². The zero-order valence-electron chi connectivity index (χ0n) is 14.1. The van der Waals surface area contributed by atoms with Gasteiger partial charge in [0.1, 0.15) is 11.4 Å². The smallest absolute Gasteiger partial charge is 0.254 e. The molecule has 0 aliphatic carbocycles. The molecule has 0 atom stereocenters. The summed E-state index contributed by atoms with van der Waals surface area (Å²) >= 11 is 6.02. The summed E-state index contributed by atoms with van der Waals surface area (Å²) in [6.45, 7) is 0. The van der Waals surface area contributed by atoms with Crippen molar-refractivity contribution in [2.75, 3.05) is 0 Å². The standard InChI is InChI=1S/C19H15ClN6O/c20-12-5-3-4-11(8-12)9-15-17(18(21)27)19(26-25-15)22-10-16-23-13-6-1-2-7-14(13)24-16/h1-8,10H,9H2,(H2,21,27)(H,23,24)(H,25,26). The number of aliphatic imine (C=N–C) groups is 1. The van der Waals surface area contributed by atoms with Crippen LogP contribution in [-0.4, -0.2) is 32.3 Å². The number of nitrogens with zero attached hydrogens (tertiary/aromatic N) is 3. The Balaban J connectivity index is 1.64. The number of aromatic nitrogens is 4. The minimum absolute atomic E-state index is 0.222. The highest BCUT2D eigenvalue weighted by atomic mass is 35.5. The van der Waals surface area contributed by atoms with E-state index < -0.39 is 5.91 Å². The number of imidazole rings is 1. The summed E-state index contributed by atoms with van der Waals surface area (Å²) < 4.78 is 0. The van der Waals surface area contributed by atoms with E-state index >= 15 is 0 Å². The summed E-state index contributed by atoms with van der Waals surface area (Å²) in [4.78, 5) is 23.8. The molecule has 4 rings (SSSR count). The highest BCUT2D eigenvalue weighted by molar-refractivity contribution is 6.30. The first-order valence-electron chi connectivity index (χ1n) is 8.20. The van der Waals surface area contributed by atoms with Crippen molar-refractivity contribution in [3.63, 3.8) is 0 Å². The van der Waals surface area contributed by atoms with Crippen molar-refractivity contribution in [3.8, 4) is 0 Å². The van der Waals surface area contributed by atoms with E-state index in [0.717, 1.165) is 16.6 Å². The topological polar surface area (TPSA) is 113 Å². The second kappa shape index (κ2) is 7.05. The molecule has 0 spiro atoms. The van der Waals surface area contributed by atoms with Gasteiger partial charge in [0.25, 0.3) is 5.91 Å². The number of H-pyrrole nitrogens is 2. The lowest BCUT2D eigenvalue weighted by molar-refractivity contribution is 0.100. The average Bonchev–Trinajstić information content (AvgIpc) is 3.23. The van der Waals surface area contributed by atoms with Crippen LogP contribution < -0.4 is 5.73 Å². The summed E-state index contributed by atoms with van der Waals surface area (Å²) in [5.41, 5.74) is 9.05. The van der Waals surface area contributed by atoms with Gasteiger partial charge in [-0.05, 0) is 29.8 Å². The summed E-state index contributed by atoms with van der Waals surface area (Å²) in [5.74, 6) is 0.184. The lowest BCUT2D eigenvalue weighted by Gasteiger charge is -2.02. The summed E-state index contributed by atoms with van der Waals surface area (Å²) in [6.07, 6.45) is 1.96. The van der Waals surface area contributed by atoms with Crippen LogP contribution in [-0.2, 0) is 6.42 Å². The van der Waals surface area contributed by atoms with Gasteiger partial charge in [0.2, 0.25) is 0 Å². The molecule has 0 saturated heterocycles. The highest BCUT2D eigenvalue weighted by Gasteiger charge is 2.18. The number of amides is 1. The molecule has 7 nitrogen and oxygen atoms in total. The van der Waals surface area contributed by atoms with Gasteiger partial charge in [-0.15, -0.1) is 0 Å². The van der Waals surface area contributed by atoms with Gasteiger partial charge in [-0.3, -0.25) is 9.89 Å². The summed E-state index contributed by atoms with van der Waals surface area (Å²) in [5, 5.41) is 7.60. The van der Waals surface area contributed by atoms with Crippen LogP contribution in [0.25, 0.3) is 11.0 Å². The summed E-state index contributed by atoms with van der Waals surface area (Å²) in [6, 6.07) is 15.0. The molecule has 27 heavy (non-hydrogen) atoms. The van der Waals surface area contributed by atoms with Crippen LogP contribution in [0.15, 0.2) is 53.5 Å². The van der Waals surface area contributed by atoms with Gasteiger partial charge >= 0.3 is 0 Å². The Bertz CT molecular complexity index is 1130. The average molecular weight is 379 g/mol. The molecule has 0 radical (unpaired) electrons. The van der Waals surface area contributed by atoms with Crippen molar-refractivity contribution < 1.29 is 4.79 Å². The molecule has 0 aliphatic heterocycles. The van der Waals surface area contributed by atoms with Crippen LogP contribution in [0.3, 0.4) is 0 Å². The van der Waals surface area contributed by atoms with Crippen molar-refractivity contribution in [2.24, 2.45) is 10.7 Å². The first kappa shape index (κ1) is 17.0. The Kier molecular flexibility index (Phi) is 4.43. The first-order chi connectivity index (χ1) is 13.1. The van der Waals surface area contributed by atoms with Crippen LogP contribution in [0.2, 0.25) is 5.02 Å². The maximum Gasteiger partial charge on any atom is 0.254 e. The van der Waals surface area contributed by atoms with E-state index in [4.69, 9.17) is 17.3 Å². The molecule has 0 fully saturated rings. The number of carbonyl (C=O) groups is 1. The Morgan fingerprint density at radius 1 is 1.22 bits per heavy atom. The van der Waals surface area contributed by atoms with Crippen molar-refractivity contribution in [3.05, 3.63) is 76.2 Å². The maximum absolute atomic E-state index is 12.0. The van der Waals surface area contributed by atoms with Crippen LogP contribution in [0, 0.1) is 0 Å². The fraction of sp³-hybridized carbons (Fsp3) is 0.0526. The first-order valence-corrected chi connectivity index (χ1v) is 8.58. The lowest BCUT2D eigenvalue weighted by atomic mass is 10.1. The Hall–Kier alpha value is -3.45. The molecule has 4 N–H and O–H groups in total. The van der Waals surface area contributed by atoms with E-state index in [1.165, 1.54) is 6.21 Å². The minimum atomic E-state index is -0.600. The Morgan fingerprint density at radius 3 is 2.85 bits per heavy atom. The van der Waals surface area contributed by atoms with Gasteiger partial charge in [0.05, 0.1) is 22.9 Å². The highest BCUT2D eigenvalue weighted by Crippen LogP contribution is 2.23. The molecule has 0 unspecified atom stereocenters. The predicted octanol–water partition coefficient (Wildman–Crippen LogP) is 3.38. The molecule has 0 aliphatic rings. The van der Waals surface area contributed by atoms with E-state index in [0.29, 0.717) is 23.0 Å². The van der Waals surface area contributed by atoms with Crippen molar-refractivity contribution in [1.82, 2.24) is 20.2 Å². The van der Waals surface area contributed by atoms with Gasteiger partial charge in [-0.2, -0.15) is 5.10 Å². The van der Waals surface area contributed by atoms with E-state index in [2.05, 4.69) is 25.2 Å². The number of halogens is 1. The largest absolute Gasteiger partial charge is 0.365 e. The molecule has 134 valence electrons. The molecule has 2 heterocycles. The predicted molar refractivity (Wildman–Crippen MR) is 105 cm³/mol. The van der Waals surface area contributed by atoms with Crippen LogP contribution in [0.4, 0.5) is 5.82 Å². The monoisotopic (exact) mass is 378 g/mol. The number of carbonyl (C=O) groups excluding carboxylic acids is 1. The van der Waals surface area contributed by atoms with E-state index in [-0.39, 0.29) is 11.4 Å². The number of hydrogen-bond donors (Lipinski definition) is 3. The number of benzene rings is 2. The fourth-order valence-corrected chi connectivity index (χ4v) is 3.07. The molecule has 2 aromatic heterocycles. The molecule has 2 aromatic carbocycles. The number of primary amides is 1. The molecular formula is C19H15ClN6O. The van der Waals surface area contributed by atoms with Crippen LogP contribution in [0.5, 0.6) is 0 Å². The minimum Gasteiger partial charge on any atom is -0.365 e. The third kappa shape index (κ3) is 3.58. The van der Waals surface area contributed by atoms with Gasteiger partial charge in [0, 0.05) is 11.4 Å². The molecule has 0 saturated carbocycles. The number of rotatable bonds is 5. The molecule has 4 aromatic rings. The number of hydrogen-bond acceptors (Lipinski definition) is 4. The number of para-hydroxylation sites is 2. The number of aromatic amines is 2.